The van der Waals surface area contributed by atoms with E-state index in [4.69, 9.17) is 6.42 Å². The number of thiophene rings is 1. The molecule has 164 valence electrons. The lowest BCUT2D eigenvalue weighted by atomic mass is 9.95. The van der Waals surface area contributed by atoms with Crippen molar-refractivity contribution in [2.24, 2.45) is 0 Å². The van der Waals surface area contributed by atoms with E-state index in [-0.39, 0.29) is 11.9 Å². The number of nitrogens with zero attached hydrogens (tertiary/aromatic N) is 2. The highest BCUT2D eigenvalue weighted by Crippen LogP contribution is 2.32. The summed E-state index contributed by atoms with van der Waals surface area (Å²) in [7, 11) is 0. The summed E-state index contributed by atoms with van der Waals surface area (Å²) in [5.41, 5.74) is 1.69. The van der Waals surface area contributed by atoms with E-state index in [0.717, 1.165) is 49.3 Å². The van der Waals surface area contributed by atoms with Crippen LogP contribution in [0.2, 0.25) is 0 Å². The van der Waals surface area contributed by atoms with Gasteiger partial charge in [0.2, 0.25) is 5.91 Å². The Bertz CT molecular complexity index is 892. The molecule has 5 nitrogen and oxygen atoms in total. The number of hydrogen-bond acceptors (Lipinski definition) is 4. The van der Waals surface area contributed by atoms with E-state index in [0.29, 0.717) is 5.69 Å². The molecule has 0 saturated heterocycles. The standard InChI is InChI=1S/C25H31N3O2S/c1-4-23(29)28(21-16-14-20(15-17-21)27(5-2)6-3)24(22-13-10-18-31-22)25(30)26-19-11-8-7-9-12-19/h1,10,13-19,24H,5-9,11-12H2,2-3H3,(H,26,30). The van der Waals surface area contributed by atoms with Crippen LogP contribution < -0.4 is 15.1 Å². The second kappa shape index (κ2) is 11.0. The summed E-state index contributed by atoms with van der Waals surface area (Å²) in [5, 5.41) is 5.10. The Balaban J connectivity index is 1.95. The Hall–Kier alpha value is -2.78. The lowest BCUT2D eigenvalue weighted by molar-refractivity contribution is -0.125. The van der Waals surface area contributed by atoms with E-state index in [1.54, 1.807) is 0 Å². The minimum absolute atomic E-state index is 0.150. The number of terminal acetylenes is 1. The fourth-order valence-electron chi connectivity index (χ4n) is 4.21. The van der Waals surface area contributed by atoms with Crippen LogP contribution in [0.25, 0.3) is 0 Å². The number of carbonyl (C=O) groups excluding carboxylic acids is 2. The van der Waals surface area contributed by atoms with Crippen molar-refractivity contribution in [2.45, 2.75) is 58.0 Å². The maximum atomic E-state index is 13.4. The number of benzene rings is 1. The van der Waals surface area contributed by atoms with Crippen molar-refractivity contribution in [3.8, 4) is 12.3 Å². The molecule has 1 aromatic heterocycles. The van der Waals surface area contributed by atoms with E-state index in [2.05, 4.69) is 30.0 Å². The van der Waals surface area contributed by atoms with Crippen LogP contribution in [0.3, 0.4) is 0 Å². The van der Waals surface area contributed by atoms with Gasteiger partial charge in [-0.15, -0.1) is 17.8 Å². The molecule has 1 heterocycles. The van der Waals surface area contributed by atoms with Gasteiger partial charge in [-0.05, 0) is 68.3 Å². The van der Waals surface area contributed by atoms with Crippen LogP contribution in [0, 0.1) is 12.3 Å². The minimum Gasteiger partial charge on any atom is -0.372 e. The highest BCUT2D eigenvalue weighted by molar-refractivity contribution is 7.10. The Morgan fingerprint density at radius 1 is 1.10 bits per heavy atom. The molecule has 0 radical (unpaired) electrons. The second-order valence-corrected chi connectivity index (χ2v) is 8.75. The molecule has 1 aliphatic rings. The molecule has 1 aliphatic carbocycles. The van der Waals surface area contributed by atoms with Gasteiger partial charge in [0.05, 0.1) is 0 Å². The van der Waals surface area contributed by atoms with E-state index in [9.17, 15) is 9.59 Å². The molecule has 2 amide bonds. The lowest BCUT2D eigenvalue weighted by Crippen LogP contribution is -2.46. The summed E-state index contributed by atoms with van der Waals surface area (Å²) in [6.07, 6.45) is 10.9. The van der Waals surface area contributed by atoms with E-state index >= 15 is 0 Å². The topological polar surface area (TPSA) is 52.7 Å². The van der Waals surface area contributed by atoms with Gasteiger partial charge < -0.3 is 10.2 Å². The van der Waals surface area contributed by atoms with Crippen molar-refractivity contribution in [3.05, 3.63) is 46.7 Å². The Labute approximate surface area is 189 Å². The fourth-order valence-corrected chi connectivity index (χ4v) is 5.03. The fraction of sp³-hybridized carbons (Fsp3) is 0.440. The highest BCUT2D eigenvalue weighted by atomic mass is 32.1. The molecular formula is C25H31N3O2S. The monoisotopic (exact) mass is 437 g/mol. The molecule has 1 N–H and O–H groups in total. The Morgan fingerprint density at radius 2 is 1.74 bits per heavy atom. The third-order valence-corrected chi connectivity index (χ3v) is 6.79. The number of anilines is 2. The minimum atomic E-state index is -0.787. The summed E-state index contributed by atoms with van der Waals surface area (Å²) < 4.78 is 0. The summed E-state index contributed by atoms with van der Waals surface area (Å²) in [4.78, 5) is 30.8. The normalized spacial score (nSPS) is 15.0. The molecule has 0 aliphatic heterocycles. The van der Waals surface area contributed by atoms with Crippen LogP contribution in [-0.2, 0) is 9.59 Å². The quantitative estimate of drug-likeness (QED) is 0.607. The van der Waals surface area contributed by atoms with Crippen molar-refractivity contribution >= 4 is 34.5 Å². The summed E-state index contributed by atoms with van der Waals surface area (Å²) in [6.45, 7) is 6.00. The predicted octanol–water partition coefficient (Wildman–Crippen LogP) is 4.75. The van der Waals surface area contributed by atoms with Gasteiger partial charge in [-0.25, -0.2) is 0 Å². The van der Waals surface area contributed by atoms with Gasteiger partial charge in [0.25, 0.3) is 0 Å². The molecule has 6 heteroatoms. The van der Waals surface area contributed by atoms with Gasteiger partial charge in [-0.1, -0.05) is 25.3 Å². The zero-order valence-electron chi connectivity index (χ0n) is 18.3. The second-order valence-electron chi connectivity index (χ2n) is 7.77. The average Bonchev–Trinajstić information content (AvgIpc) is 3.33. The lowest BCUT2D eigenvalue weighted by Gasteiger charge is -2.32. The first-order chi connectivity index (χ1) is 15.1. The van der Waals surface area contributed by atoms with Gasteiger partial charge in [0.15, 0.2) is 6.04 Å². The average molecular weight is 438 g/mol. The number of hydrogen-bond donors (Lipinski definition) is 1. The summed E-state index contributed by atoms with van der Waals surface area (Å²) >= 11 is 1.46. The Morgan fingerprint density at radius 3 is 2.29 bits per heavy atom. The molecule has 31 heavy (non-hydrogen) atoms. The third-order valence-electron chi connectivity index (χ3n) is 5.87. The smallest absolute Gasteiger partial charge is 0.303 e. The highest BCUT2D eigenvalue weighted by Gasteiger charge is 2.34. The van der Waals surface area contributed by atoms with Crippen molar-refractivity contribution in [3.63, 3.8) is 0 Å². The molecule has 1 aromatic carbocycles. The van der Waals surface area contributed by atoms with E-state index < -0.39 is 11.9 Å². The van der Waals surface area contributed by atoms with Crippen LogP contribution in [0.4, 0.5) is 11.4 Å². The molecule has 1 fully saturated rings. The van der Waals surface area contributed by atoms with Crippen LogP contribution in [0.15, 0.2) is 41.8 Å². The molecule has 1 saturated carbocycles. The molecule has 0 bridgehead atoms. The molecule has 1 unspecified atom stereocenters. The zero-order chi connectivity index (χ0) is 22.2. The van der Waals surface area contributed by atoms with E-state index in [1.165, 1.54) is 22.7 Å². The number of rotatable bonds is 8. The molecular weight excluding hydrogens is 406 g/mol. The largest absolute Gasteiger partial charge is 0.372 e. The first-order valence-electron chi connectivity index (χ1n) is 11.1. The molecule has 3 rings (SSSR count). The first kappa shape index (κ1) is 22.9. The van der Waals surface area contributed by atoms with Crippen molar-refractivity contribution < 1.29 is 9.59 Å². The SMILES string of the molecule is C#CC(=O)N(c1ccc(N(CC)CC)cc1)C(C(=O)NC1CCCCC1)c1cccs1. The van der Waals surface area contributed by atoms with Crippen LogP contribution in [-0.4, -0.2) is 30.9 Å². The van der Waals surface area contributed by atoms with Crippen molar-refractivity contribution in [1.82, 2.24) is 5.32 Å². The number of nitrogens with one attached hydrogen (secondary N) is 1. The van der Waals surface area contributed by atoms with Gasteiger partial charge in [-0.3, -0.25) is 14.5 Å². The zero-order valence-corrected chi connectivity index (χ0v) is 19.2. The van der Waals surface area contributed by atoms with Gasteiger partial charge in [-0.2, -0.15) is 0 Å². The maximum absolute atomic E-state index is 13.4. The maximum Gasteiger partial charge on any atom is 0.303 e. The first-order valence-corrected chi connectivity index (χ1v) is 12.0. The molecule has 1 atom stereocenters. The molecule has 2 aromatic rings. The van der Waals surface area contributed by atoms with Crippen LogP contribution >= 0.6 is 11.3 Å². The third kappa shape index (κ3) is 5.48. The summed E-state index contributed by atoms with van der Waals surface area (Å²) in [5.74, 6) is 1.53. The van der Waals surface area contributed by atoms with Crippen molar-refractivity contribution in [2.75, 3.05) is 22.9 Å². The van der Waals surface area contributed by atoms with Gasteiger partial charge >= 0.3 is 5.91 Å². The predicted molar refractivity (Wildman–Crippen MR) is 128 cm³/mol. The number of carbonyl (C=O) groups is 2. The van der Waals surface area contributed by atoms with Crippen LogP contribution in [0.1, 0.15) is 56.9 Å². The summed E-state index contributed by atoms with van der Waals surface area (Å²) in [6, 6.07) is 10.8. The van der Waals surface area contributed by atoms with E-state index in [1.807, 2.05) is 41.8 Å². The van der Waals surface area contributed by atoms with Crippen molar-refractivity contribution in [1.29, 1.82) is 0 Å². The number of amides is 2. The van der Waals surface area contributed by atoms with Gasteiger partial charge in [0.1, 0.15) is 0 Å². The Kier molecular flexibility index (Phi) is 8.13. The molecule has 0 spiro atoms. The van der Waals surface area contributed by atoms with Crippen LogP contribution in [0.5, 0.6) is 0 Å². The van der Waals surface area contributed by atoms with Gasteiger partial charge in [0, 0.05) is 35.4 Å².